The summed E-state index contributed by atoms with van der Waals surface area (Å²) in [6, 6.07) is 61.7. The van der Waals surface area contributed by atoms with Gasteiger partial charge in [-0.25, -0.2) is 0 Å². The Morgan fingerprint density at radius 3 is 1.67 bits per heavy atom. The number of anilines is 3. The fourth-order valence-corrected chi connectivity index (χ4v) is 9.17. The molecular weight excluding hydrogens is 637 g/mol. The molecule has 0 aliphatic heterocycles. The predicted molar refractivity (Wildman–Crippen MR) is 219 cm³/mol. The number of aromatic nitrogens is 1. The van der Waals surface area contributed by atoms with Crippen LogP contribution in [-0.4, -0.2) is 4.57 Å². The lowest BCUT2D eigenvalue weighted by molar-refractivity contribution is 1.01. The Hall–Kier alpha value is -6.16. The summed E-state index contributed by atoms with van der Waals surface area (Å²) in [5.74, 6) is 0. The zero-order valence-corrected chi connectivity index (χ0v) is 28.9. The SMILES string of the molecule is C1=Cc2sc3c(ccc4c3c3cc(N(c5ccc(-c6ccccc6)cc5)c5ccc(-c6ccccc6)cc5)ccc3n4-c3ccccc3)c2CC1. The van der Waals surface area contributed by atoms with E-state index in [1.807, 2.05) is 11.3 Å². The highest BCUT2D eigenvalue weighted by molar-refractivity contribution is 7.21. The van der Waals surface area contributed by atoms with Crippen molar-refractivity contribution in [2.45, 2.75) is 12.8 Å². The number of nitrogens with zero attached hydrogens (tertiary/aromatic N) is 2. The maximum absolute atomic E-state index is 2.44. The van der Waals surface area contributed by atoms with Crippen LogP contribution >= 0.6 is 11.3 Å². The topological polar surface area (TPSA) is 8.17 Å². The summed E-state index contributed by atoms with van der Waals surface area (Å²) >= 11 is 1.94. The number of allylic oxidation sites excluding steroid dienone is 1. The van der Waals surface area contributed by atoms with Crippen LogP contribution in [0.2, 0.25) is 0 Å². The monoisotopic (exact) mass is 670 g/mol. The zero-order chi connectivity index (χ0) is 33.7. The van der Waals surface area contributed by atoms with Gasteiger partial charge in [-0.3, -0.25) is 0 Å². The van der Waals surface area contributed by atoms with E-state index in [1.54, 1.807) is 0 Å². The number of benzene rings is 7. The number of para-hydroxylation sites is 1. The molecule has 0 saturated heterocycles. The van der Waals surface area contributed by atoms with Crippen LogP contribution in [0.5, 0.6) is 0 Å². The van der Waals surface area contributed by atoms with E-state index < -0.39 is 0 Å². The molecule has 2 aromatic heterocycles. The molecule has 0 saturated carbocycles. The van der Waals surface area contributed by atoms with Crippen molar-refractivity contribution in [3.05, 3.63) is 186 Å². The van der Waals surface area contributed by atoms with Crippen molar-refractivity contribution in [2.24, 2.45) is 0 Å². The average Bonchev–Trinajstić information content (AvgIpc) is 3.75. The minimum atomic E-state index is 1.10. The van der Waals surface area contributed by atoms with Crippen molar-refractivity contribution in [1.29, 1.82) is 0 Å². The van der Waals surface area contributed by atoms with Crippen LogP contribution in [0, 0.1) is 0 Å². The molecule has 3 heteroatoms. The molecule has 51 heavy (non-hydrogen) atoms. The summed E-state index contributed by atoms with van der Waals surface area (Å²) in [5.41, 5.74) is 13.4. The first-order chi connectivity index (χ1) is 25.3. The van der Waals surface area contributed by atoms with Gasteiger partial charge >= 0.3 is 0 Å². The van der Waals surface area contributed by atoms with Gasteiger partial charge in [0.25, 0.3) is 0 Å². The fraction of sp³-hybridized carbons (Fsp3) is 0.0417. The smallest absolute Gasteiger partial charge is 0.0555 e. The molecule has 0 radical (unpaired) electrons. The van der Waals surface area contributed by atoms with Gasteiger partial charge in [0.1, 0.15) is 0 Å². The van der Waals surface area contributed by atoms with Crippen molar-refractivity contribution in [3.63, 3.8) is 0 Å². The maximum Gasteiger partial charge on any atom is 0.0555 e. The van der Waals surface area contributed by atoms with Gasteiger partial charge in [0.15, 0.2) is 0 Å². The van der Waals surface area contributed by atoms with Crippen LogP contribution in [0.25, 0.3) is 65.9 Å². The minimum absolute atomic E-state index is 1.10. The molecule has 0 unspecified atom stereocenters. The van der Waals surface area contributed by atoms with E-state index in [-0.39, 0.29) is 0 Å². The molecule has 10 rings (SSSR count). The van der Waals surface area contributed by atoms with Gasteiger partial charge in [-0.15, -0.1) is 11.3 Å². The average molecular weight is 671 g/mol. The highest BCUT2D eigenvalue weighted by Gasteiger charge is 2.22. The van der Waals surface area contributed by atoms with E-state index in [1.165, 1.54) is 70.3 Å². The van der Waals surface area contributed by atoms with Crippen LogP contribution < -0.4 is 4.90 Å². The van der Waals surface area contributed by atoms with Crippen molar-refractivity contribution in [1.82, 2.24) is 4.57 Å². The van der Waals surface area contributed by atoms with E-state index >= 15 is 0 Å². The summed E-state index contributed by atoms with van der Waals surface area (Å²) in [4.78, 5) is 3.80. The Labute approximate surface area is 301 Å². The molecule has 0 atom stereocenters. The molecule has 9 aromatic rings. The molecule has 2 heterocycles. The van der Waals surface area contributed by atoms with Gasteiger partial charge in [0, 0.05) is 43.1 Å². The molecule has 242 valence electrons. The Morgan fingerprint density at radius 2 is 1.04 bits per heavy atom. The van der Waals surface area contributed by atoms with Crippen LogP contribution in [0.3, 0.4) is 0 Å². The lowest BCUT2D eigenvalue weighted by Crippen LogP contribution is -2.10. The summed E-state index contributed by atoms with van der Waals surface area (Å²) in [5, 5.41) is 4.00. The van der Waals surface area contributed by atoms with E-state index in [0.717, 1.165) is 29.9 Å². The molecule has 7 aromatic carbocycles. The van der Waals surface area contributed by atoms with E-state index in [9.17, 15) is 0 Å². The number of hydrogen-bond acceptors (Lipinski definition) is 2. The second-order valence-electron chi connectivity index (χ2n) is 13.3. The van der Waals surface area contributed by atoms with Crippen molar-refractivity contribution >= 4 is 66.4 Å². The highest BCUT2D eigenvalue weighted by atomic mass is 32.1. The summed E-state index contributed by atoms with van der Waals surface area (Å²) in [6.07, 6.45) is 6.86. The number of fused-ring (bicyclic) bond motifs is 7. The van der Waals surface area contributed by atoms with Gasteiger partial charge in [-0.2, -0.15) is 0 Å². The molecule has 1 aliphatic carbocycles. The zero-order valence-electron chi connectivity index (χ0n) is 28.0. The van der Waals surface area contributed by atoms with E-state index in [0.29, 0.717) is 0 Å². The van der Waals surface area contributed by atoms with Crippen molar-refractivity contribution < 1.29 is 0 Å². The second kappa shape index (κ2) is 12.3. The lowest BCUT2D eigenvalue weighted by atomic mass is 10.00. The molecule has 0 spiro atoms. The van der Waals surface area contributed by atoms with E-state index in [2.05, 4.69) is 191 Å². The standard InChI is InChI=1S/C48H34N2S/c1-4-12-33(13-5-1)35-20-24-38(25-21-35)49(39-26-22-36(23-27-39)34-14-6-2-7-15-34)40-28-30-44-43(32-40)47-45(50(44)37-16-8-3-9-17-37)31-29-42-41-18-10-11-19-46(41)51-48(42)47/h1-9,11-17,19-32H,10,18H2. The molecule has 0 fully saturated rings. The van der Waals surface area contributed by atoms with Gasteiger partial charge < -0.3 is 9.47 Å². The van der Waals surface area contributed by atoms with Crippen LogP contribution in [-0.2, 0) is 6.42 Å². The second-order valence-corrected chi connectivity index (χ2v) is 14.3. The molecule has 0 bridgehead atoms. The first kappa shape index (κ1) is 29.7. The van der Waals surface area contributed by atoms with Gasteiger partial charge in [-0.05, 0) is 113 Å². The number of rotatable bonds is 6. The third-order valence-corrected chi connectivity index (χ3v) is 11.5. The Morgan fingerprint density at radius 1 is 0.490 bits per heavy atom. The van der Waals surface area contributed by atoms with Crippen LogP contribution in [0.15, 0.2) is 176 Å². The van der Waals surface area contributed by atoms with Gasteiger partial charge in [0.05, 0.1) is 11.0 Å². The minimum Gasteiger partial charge on any atom is -0.310 e. The molecule has 0 N–H and O–H groups in total. The van der Waals surface area contributed by atoms with Crippen molar-refractivity contribution in [2.75, 3.05) is 4.90 Å². The summed E-state index contributed by atoms with van der Waals surface area (Å²) in [7, 11) is 0. The molecule has 0 amide bonds. The quantitative estimate of drug-likeness (QED) is 0.171. The van der Waals surface area contributed by atoms with Crippen molar-refractivity contribution in [3.8, 4) is 27.9 Å². The molecule has 2 nitrogen and oxygen atoms in total. The fourth-order valence-electron chi connectivity index (χ4n) is 7.84. The summed E-state index contributed by atoms with van der Waals surface area (Å²) in [6.45, 7) is 0. The third kappa shape index (κ3) is 5.09. The molecule has 1 aliphatic rings. The maximum atomic E-state index is 2.44. The number of thiophene rings is 1. The van der Waals surface area contributed by atoms with Gasteiger partial charge in [-0.1, -0.05) is 115 Å². The first-order valence-electron chi connectivity index (χ1n) is 17.7. The lowest BCUT2D eigenvalue weighted by Gasteiger charge is -2.26. The Kier molecular flexibility index (Phi) is 7.18. The number of hydrogen-bond donors (Lipinski definition) is 0. The first-order valence-corrected chi connectivity index (χ1v) is 18.5. The predicted octanol–water partition coefficient (Wildman–Crippen LogP) is 13.8. The molecular formula is C48H34N2S. The third-order valence-electron chi connectivity index (χ3n) is 10.3. The number of aryl methyl sites for hydroxylation is 1. The summed E-state index contributed by atoms with van der Waals surface area (Å²) < 4.78 is 3.82. The largest absolute Gasteiger partial charge is 0.310 e. The van der Waals surface area contributed by atoms with Gasteiger partial charge in [0.2, 0.25) is 0 Å². The normalized spacial score (nSPS) is 12.5. The van der Waals surface area contributed by atoms with Crippen LogP contribution in [0.4, 0.5) is 17.1 Å². The van der Waals surface area contributed by atoms with E-state index in [4.69, 9.17) is 0 Å². The Bertz CT molecular complexity index is 2620. The highest BCUT2D eigenvalue weighted by Crippen LogP contribution is 2.46. The Balaban J connectivity index is 1.20. The van der Waals surface area contributed by atoms with Crippen LogP contribution in [0.1, 0.15) is 16.9 Å².